The largest absolute Gasteiger partial charge is 0.570 e. The number of aromatic nitrogens is 8. The van der Waals surface area contributed by atoms with Crippen molar-refractivity contribution in [1.29, 1.82) is 0 Å². The molecule has 0 saturated carbocycles. The summed E-state index contributed by atoms with van der Waals surface area (Å²) in [5.41, 5.74) is 5.97. The zero-order chi connectivity index (χ0) is 61.0. The van der Waals surface area contributed by atoms with Gasteiger partial charge in [-0.05, 0) is 138 Å². The fourth-order valence-electron chi connectivity index (χ4n) is 8.47. The first-order valence-corrected chi connectivity index (χ1v) is 26.4. The van der Waals surface area contributed by atoms with Gasteiger partial charge in [0.1, 0.15) is 39.6 Å². The van der Waals surface area contributed by atoms with Gasteiger partial charge in [-0.15, -0.1) is 0 Å². The van der Waals surface area contributed by atoms with Crippen LogP contribution in [0.2, 0.25) is 5.15 Å². The number of nitrogens with zero attached hydrogens (tertiary/aromatic N) is 6. The Labute approximate surface area is 490 Å². The van der Waals surface area contributed by atoms with Gasteiger partial charge >= 0.3 is 27.0 Å². The fraction of sp³-hybridized carbons (Fsp3) is 0.129. The molecule has 0 unspecified atom stereocenters. The lowest BCUT2D eigenvalue weighted by molar-refractivity contribution is 0.0528. The van der Waals surface area contributed by atoms with E-state index in [0.717, 1.165) is 44.5 Å². The molecular formula is C62H54B2ClF4N8O8. The second-order valence-electron chi connectivity index (χ2n) is 20.5. The van der Waals surface area contributed by atoms with Gasteiger partial charge in [0, 0.05) is 93.2 Å². The number of carbonyl (C=O) groups is 2. The van der Waals surface area contributed by atoms with Crippen LogP contribution in [0.4, 0.5) is 27.2 Å². The van der Waals surface area contributed by atoms with Crippen LogP contribution >= 0.6 is 11.6 Å². The highest BCUT2D eigenvalue weighted by Crippen LogP contribution is 2.34. The van der Waals surface area contributed by atoms with Gasteiger partial charge in [-0.1, -0.05) is 60.1 Å². The molecule has 0 fully saturated rings. The highest BCUT2D eigenvalue weighted by atomic mass is 35.5. The molecule has 0 aliphatic carbocycles. The molecular weight excluding hydrogens is 1120 g/mol. The van der Waals surface area contributed by atoms with Crippen LogP contribution in [-0.4, -0.2) is 92.3 Å². The summed E-state index contributed by atoms with van der Waals surface area (Å²) in [6, 6.07) is 38.2. The van der Waals surface area contributed by atoms with Gasteiger partial charge < -0.3 is 39.2 Å². The summed E-state index contributed by atoms with van der Waals surface area (Å²) in [4.78, 5) is 47.9. The Morgan fingerprint density at radius 2 is 1.00 bits per heavy atom. The Kier molecular flexibility index (Phi) is 19.7. The van der Waals surface area contributed by atoms with Crippen LogP contribution in [0.3, 0.4) is 0 Å². The number of fused-ring (bicyclic) bond motifs is 4. The summed E-state index contributed by atoms with van der Waals surface area (Å²) in [6.45, 7) is 10.7. The Hall–Kier alpha value is -9.60. The summed E-state index contributed by atoms with van der Waals surface area (Å²) < 4.78 is 71.0. The Morgan fingerprint density at radius 3 is 1.49 bits per heavy atom. The van der Waals surface area contributed by atoms with Crippen molar-refractivity contribution in [1.82, 2.24) is 39.0 Å². The van der Waals surface area contributed by atoms with Crippen LogP contribution in [0.25, 0.3) is 77.4 Å². The minimum atomic E-state index is -1.59. The molecule has 23 heteroatoms. The molecule has 0 spiro atoms. The maximum atomic E-state index is 13.6. The van der Waals surface area contributed by atoms with E-state index in [4.69, 9.17) is 40.8 Å². The number of nitrogens with one attached hydrogen (secondary N) is 2. The Bertz CT molecular complexity index is 4280. The van der Waals surface area contributed by atoms with Crippen molar-refractivity contribution >= 4 is 87.7 Å². The highest BCUT2D eigenvalue weighted by molar-refractivity contribution is 6.58. The number of hydrogen-bond donors (Lipinski definition) is 5. The summed E-state index contributed by atoms with van der Waals surface area (Å²) in [5, 5.41) is 30.0. The van der Waals surface area contributed by atoms with Gasteiger partial charge in [-0.3, -0.25) is 19.5 Å². The average molecular weight is 1170 g/mol. The normalized spacial score (nSPS) is 11.0. The van der Waals surface area contributed by atoms with E-state index < -0.39 is 42.1 Å². The molecule has 12 rings (SSSR count). The van der Waals surface area contributed by atoms with Gasteiger partial charge in [-0.25, -0.2) is 36.7 Å². The lowest BCUT2D eigenvalue weighted by Crippen LogP contribution is -2.29. The minimum Gasteiger partial charge on any atom is -0.524 e. The topological polar surface area (TPSA) is 216 Å². The minimum absolute atomic E-state index is 0.0578. The predicted molar refractivity (Wildman–Crippen MR) is 321 cm³/mol. The summed E-state index contributed by atoms with van der Waals surface area (Å²) in [6.07, 6.45) is 10.7. The number of benzene rings is 4. The molecule has 1 radical (unpaired) electrons. The monoisotopic (exact) mass is 1170 g/mol. The van der Waals surface area contributed by atoms with Crippen LogP contribution in [0.15, 0.2) is 189 Å². The lowest BCUT2D eigenvalue weighted by atomic mass is 9.80. The van der Waals surface area contributed by atoms with Crippen molar-refractivity contribution in [3.63, 3.8) is 0 Å². The van der Waals surface area contributed by atoms with E-state index >= 15 is 0 Å². The smallest absolute Gasteiger partial charge is 0.524 e. The molecule has 8 heterocycles. The van der Waals surface area contributed by atoms with E-state index in [1.807, 2.05) is 63.5 Å². The van der Waals surface area contributed by atoms with Crippen LogP contribution in [0.5, 0.6) is 5.88 Å². The zero-order valence-electron chi connectivity index (χ0n) is 46.5. The lowest BCUT2D eigenvalue weighted by Gasteiger charge is -2.20. The van der Waals surface area contributed by atoms with Crippen LogP contribution in [0, 0.1) is 23.3 Å². The molecule has 8 aromatic heterocycles. The first-order chi connectivity index (χ1) is 40.6. The number of rotatable bonds is 6. The number of aromatic amines is 2. The van der Waals surface area contributed by atoms with E-state index in [2.05, 4.69) is 29.9 Å². The molecule has 16 nitrogen and oxygen atoms in total. The number of H-pyrrole nitrogens is 2. The Morgan fingerprint density at radius 1 is 0.541 bits per heavy atom. The first kappa shape index (κ1) is 61.5. The molecule has 0 amide bonds. The maximum absolute atomic E-state index is 13.6. The highest BCUT2D eigenvalue weighted by Gasteiger charge is 2.25. The van der Waals surface area contributed by atoms with Gasteiger partial charge in [0.15, 0.2) is 5.88 Å². The van der Waals surface area contributed by atoms with Crippen molar-refractivity contribution in [3.05, 3.63) is 217 Å². The second-order valence-corrected chi connectivity index (χ2v) is 20.8. The van der Waals surface area contributed by atoms with Crippen LogP contribution in [-0.2, 0) is 9.47 Å². The number of carbonyl (C=O) groups excluding carboxylic acids is 2. The van der Waals surface area contributed by atoms with Crippen LogP contribution in [0.1, 0.15) is 41.5 Å². The van der Waals surface area contributed by atoms with Gasteiger partial charge in [-0.2, -0.15) is 0 Å². The van der Waals surface area contributed by atoms with Crippen molar-refractivity contribution in [2.24, 2.45) is 0 Å². The summed E-state index contributed by atoms with van der Waals surface area (Å²) in [5.74, 6) is -1.37. The molecule has 0 aliphatic heterocycles. The Balaban J connectivity index is 0.000000145. The third-order valence-electron chi connectivity index (χ3n) is 12.0. The second kappa shape index (κ2) is 27.2. The predicted octanol–water partition coefficient (Wildman–Crippen LogP) is 13.2. The fourth-order valence-corrected chi connectivity index (χ4v) is 8.70. The molecule has 85 heavy (non-hydrogen) atoms. The van der Waals surface area contributed by atoms with Crippen molar-refractivity contribution in [2.45, 2.75) is 52.7 Å². The average Bonchev–Trinajstić information content (AvgIpc) is 3.13. The van der Waals surface area contributed by atoms with E-state index in [1.165, 1.54) is 69.9 Å². The quantitative estimate of drug-likeness (QED) is 0.0597. The number of ether oxygens (including phenoxy) is 2. The van der Waals surface area contributed by atoms with E-state index in [9.17, 15) is 27.2 Å². The summed E-state index contributed by atoms with van der Waals surface area (Å²) >= 11 is 5.77. The SMILES string of the molecule is CC(C)(C)OC(=O)n1c(O[B]O)cc2c(-c3cccc(F)c3)nccc21.CC(C)(C)OC(=O)n1ccc2c(-c3cccc(F)c3)nccc21.Clc1nccc2[nH]ccc12.Fc1cccc(-c2nccc3[nH]ccc23)c1.OB(O)c1cccc(F)c1. The van der Waals surface area contributed by atoms with Gasteiger partial charge in [0.25, 0.3) is 0 Å². The molecule has 431 valence electrons. The van der Waals surface area contributed by atoms with Crippen LogP contribution < -0.4 is 10.1 Å². The molecule has 4 aromatic carbocycles. The van der Waals surface area contributed by atoms with Crippen molar-refractivity contribution in [2.75, 3.05) is 0 Å². The third-order valence-corrected chi connectivity index (χ3v) is 12.3. The van der Waals surface area contributed by atoms with E-state index in [-0.39, 0.29) is 23.0 Å². The first-order valence-electron chi connectivity index (χ1n) is 26.0. The van der Waals surface area contributed by atoms with Crippen molar-refractivity contribution < 1.29 is 56.4 Å². The maximum Gasteiger partial charge on any atom is 0.570 e. The van der Waals surface area contributed by atoms with Crippen molar-refractivity contribution in [3.8, 4) is 39.7 Å². The number of halogens is 5. The molecule has 0 aliphatic rings. The molecule has 0 atom stereocenters. The van der Waals surface area contributed by atoms with Gasteiger partial charge in [0.05, 0.1) is 33.6 Å². The zero-order valence-corrected chi connectivity index (χ0v) is 47.3. The standard InChI is InChI=1S/C18H17BFN2O4.C18H17FN2O2.C13H9FN2.C7H5ClN2.C6H6BFO2/c1-18(2,3)25-17(23)22-14-7-8-21-16(11-5-4-6-12(20)9-11)13(14)10-15(22)26-19-24;1-18(2,3)23-17(22)21-10-8-14-15(21)7-9-20-16(14)12-5-4-6-13(19)11-12;14-10-3-1-2-9(8-10)13-11-4-6-15-12(11)5-7-16-13;8-7-5-1-3-9-6(5)2-4-10-7;8-6-3-1-2-5(4-6)7(9)10/h4-10,24H,1-3H3;4-11H,1-3H3;1-8,15H;1-4,9H;1-4,9-10H. The van der Waals surface area contributed by atoms with E-state index in [1.54, 1.807) is 100 Å². The van der Waals surface area contributed by atoms with Gasteiger partial charge in [0.2, 0.25) is 0 Å². The summed E-state index contributed by atoms with van der Waals surface area (Å²) in [7, 11) is -1.11. The molecule has 12 aromatic rings. The molecule has 0 saturated heterocycles. The number of hydrogen-bond acceptors (Lipinski definition) is 12. The molecule has 0 bridgehead atoms. The van der Waals surface area contributed by atoms with E-state index in [0.29, 0.717) is 51.8 Å². The molecule has 5 N–H and O–H groups in total. The number of pyridine rings is 4. The third kappa shape index (κ3) is 15.9.